The van der Waals surface area contributed by atoms with E-state index in [0.29, 0.717) is 6.61 Å². The first-order valence-corrected chi connectivity index (χ1v) is 6.12. The van der Waals surface area contributed by atoms with E-state index < -0.39 is 6.04 Å². The lowest BCUT2D eigenvalue weighted by atomic mass is 10.2. The van der Waals surface area contributed by atoms with Crippen LogP contribution in [0, 0.1) is 0 Å². The molecule has 0 aliphatic carbocycles. The minimum Gasteiger partial charge on any atom is -0.494 e. The molecule has 1 aromatic carbocycles. The average molecular weight is 265 g/mol. The van der Waals surface area contributed by atoms with Gasteiger partial charge >= 0.3 is 0 Å². The summed E-state index contributed by atoms with van der Waals surface area (Å²) in [5.41, 5.74) is 0.864. The van der Waals surface area contributed by atoms with E-state index in [1.54, 1.807) is 6.08 Å². The van der Waals surface area contributed by atoms with Crippen molar-refractivity contribution in [2.45, 2.75) is 13.0 Å². The molecule has 0 aliphatic heterocycles. The van der Waals surface area contributed by atoms with Crippen LogP contribution >= 0.6 is 0 Å². The molecular weight excluding hydrogens is 246 g/mol. The molecule has 0 radical (unpaired) electrons. The van der Waals surface area contributed by atoms with Crippen LogP contribution in [0.5, 0.6) is 5.75 Å². The minimum atomic E-state index is -0.627. The second kappa shape index (κ2) is 8.29. The van der Waals surface area contributed by atoms with Crippen molar-refractivity contribution in [3.05, 3.63) is 35.9 Å². The second-order valence-corrected chi connectivity index (χ2v) is 3.91. The number of aliphatic hydroxyl groups excluding tert-OH is 2. The standard InChI is InChI=1S/C14H19NO4/c1-2-19-13-6-3-11(4-7-13)5-8-14(18)15-12(9-16)10-17/h3-8,12,16-17H,2,9-10H2,1H3,(H,15,18). The number of aliphatic hydroxyl groups is 2. The molecule has 1 aromatic rings. The number of nitrogens with one attached hydrogen (secondary N) is 1. The minimum absolute atomic E-state index is 0.293. The quantitative estimate of drug-likeness (QED) is 0.630. The maximum atomic E-state index is 11.5. The molecule has 1 rings (SSSR count). The Morgan fingerprint density at radius 1 is 1.32 bits per heavy atom. The number of benzene rings is 1. The molecule has 0 atom stereocenters. The van der Waals surface area contributed by atoms with Crippen molar-refractivity contribution in [3.8, 4) is 5.75 Å². The fourth-order valence-corrected chi connectivity index (χ4v) is 1.41. The molecular formula is C14H19NO4. The highest BCUT2D eigenvalue weighted by molar-refractivity contribution is 5.91. The summed E-state index contributed by atoms with van der Waals surface area (Å²) in [6.07, 6.45) is 3.00. The summed E-state index contributed by atoms with van der Waals surface area (Å²) in [4.78, 5) is 11.5. The predicted octanol–water partition coefficient (Wildman–Crippen LogP) is 0.568. The molecule has 1 amide bonds. The van der Waals surface area contributed by atoms with E-state index in [-0.39, 0.29) is 19.1 Å². The molecule has 0 saturated carbocycles. The fourth-order valence-electron chi connectivity index (χ4n) is 1.41. The van der Waals surface area contributed by atoms with Crippen molar-refractivity contribution in [1.29, 1.82) is 0 Å². The van der Waals surface area contributed by atoms with E-state index in [9.17, 15) is 4.79 Å². The normalized spacial score (nSPS) is 10.9. The lowest BCUT2D eigenvalue weighted by Gasteiger charge is -2.10. The monoisotopic (exact) mass is 265 g/mol. The predicted molar refractivity (Wildman–Crippen MR) is 72.7 cm³/mol. The average Bonchev–Trinajstić information content (AvgIpc) is 2.44. The summed E-state index contributed by atoms with van der Waals surface area (Å²) in [6, 6.07) is 6.70. The third-order valence-electron chi connectivity index (χ3n) is 2.41. The molecule has 3 N–H and O–H groups in total. The van der Waals surface area contributed by atoms with Crippen molar-refractivity contribution >= 4 is 12.0 Å². The van der Waals surface area contributed by atoms with Crippen LogP contribution in [0.15, 0.2) is 30.3 Å². The Labute approximate surface area is 112 Å². The van der Waals surface area contributed by atoms with E-state index in [0.717, 1.165) is 11.3 Å². The smallest absolute Gasteiger partial charge is 0.244 e. The van der Waals surface area contributed by atoms with Crippen LogP contribution < -0.4 is 10.1 Å². The largest absolute Gasteiger partial charge is 0.494 e. The number of rotatable bonds is 7. The van der Waals surface area contributed by atoms with Gasteiger partial charge in [0.25, 0.3) is 0 Å². The molecule has 0 fully saturated rings. The van der Waals surface area contributed by atoms with Gasteiger partial charge in [0.1, 0.15) is 5.75 Å². The summed E-state index contributed by atoms with van der Waals surface area (Å²) in [6.45, 7) is 1.94. The van der Waals surface area contributed by atoms with Crippen LogP contribution in [-0.4, -0.2) is 42.0 Å². The van der Waals surface area contributed by atoms with Gasteiger partial charge in [0.2, 0.25) is 5.91 Å². The van der Waals surface area contributed by atoms with E-state index in [1.165, 1.54) is 6.08 Å². The van der Waals surface area contributed by atoms with E-state index >= 15 is 0 Å². The molecule has 0 bridgehead atoms. The van der Waals surface area contributed by atoms with Crippen molar-refractivity contribution in [2.24, 2.45) is 0 Å². The molecule has 104 valence electrons. The SMILES string of the molecule is CCOc1ccc(C=CC(=O)NC(CO)CO)cc1. The van der Waals surface area contributed by atoms with Gasteiger partial charge in [0.15, 0.2) is 0 Å². The van der Waals surface area contributed by atoms with Crippen molar-refractivity contribution in [3.63, 3.8) is 0 Å². The number of hydrogen-bond donors (Lipinski definition) is 3. The number of carbonyl (C=O) groups excluding carboxylic acids is 1. The van der Waals surface area contributed by atoms with E-state index in [4.69, 9.17) is 14.9 Å². The van der Waals surface area contributed by atoms with Gasteiger partial charge in [-0.1, -0.05) is 12.1 Å². The Balaban J connectivity index is 2.53. The Bertz CT molecular complexity index is 410. The molecule has 0 aliphatic rings. The molecule has 0 heterocycles. The highest BCUT2D eigenvalue weighted by atomic mass is 16.5. The van der Waals surface area contributed by atoms with Crippen LogP contribution in [0.1, 0.15) is 12.5 Å². The first kappa shape index (κ1) is 15.2. The highest BCUT2D eigenvalue weighted by Gasteiger charge is 2.06. The van der Waals surface area contributed by atoms with Gasteiger partial charge in [0.05, 0.1) is 25.9 Å². The zero-order valence-electron chi connectivity index (χ0n) is 10.9. The Hall–Kier alpha value is -1.85. The van der Waals surface area contributed by atoms with Crippen molar-refractivity contribution in [1.82, 2.24) is 5.32 Å². The first-order chi connectivity index (χ1) is 9.19. The van der Waals surface area contributed by atoms with Gasteiger partial charge in [-0.15, -0.1) is 0 Å². The summed E-state index contributed by atoms with van der Waals surface area (Å²) >= 11 is 0. The number of hydrogen-bond acceptors (Lipinski definition) is 4. The third-order valence-corrected chi connectivity index (χ3v) is 2.41. The molecule has 0 saturated heterocycles. The number of amides is 1. The zero-order valence-corrected chi connectivity index (χ0v) is 10.9. The summed E-state index contributed by atoms with van der Waals surface area (Å²) in [5, 5.41) is 20.1. The van der Waals surface area contributed by atoms with Gasteiger partial charge in [-0.25, -0.2) is 0 Å². The maximum Gasteiger partial charge on any atom is 0.244 e. The summed E-state index contributed by atoms with van der Waals surface area (Å²) < 4.78 is 5.31. The highest BCUT2D eigenvalue weighted by Crippen LogP contribution is 2.12. The summed E-state index contributed by atoms with van der Waals surface area (Å²) in [7, 11) is 0. The van der Waals surface area contributed by atoms with Crippen LogP contribution in [0.2, 0.25) is 0 Å². The van der Waals surface area contributed by atoms with Crippen LogP contribution in [0.3, 0.4) is 0 Å². The molecule has 0 spiro atoms. The first-order valence-electron chi connectivity index (χ1n) is 6.12. The van der Waals surface area contributed by atoms with E-state index in [2.05, 4.69) is 5.32 Å². The maximum absolute atomic E-state index is 11.5. The molecule has 5 nitrogen and oxygen atoms in total. The Morgan fingerprint density at radius 3 is 2.47 bits per heavy atom. The van der Waals surface area contributed by atoms with E-state index in [1.807, 2.05) is 31.2 Å². The zero-order chi connectivity index (χ0) is 14.1. The van der Waals surface area contributed by atoms with Crippen LogP contribution in [-0.2, 0) is 4.79 Å². The fraction of sp³-hybridized carbons (Fsp3) is 0.357. The Kier molecular flexibility index (Phi) is 6.63. The summed E-state index contributed by atoms with van der Waals surface area (Å²) in [5.74, 6) is 0.423. The van der Waals surface area contributed by atoms with Gasteiger partial charge in [-0.2, -0.15) is 0 Å². The van der Waals surface area contributed by atoms with Gasteiger partial charge in [-0.3, -0.25) is 4.79 Å². The van der Waals surface area contributed by atoms with Crippen LogP contribution in [0.4, 0.5) is 0 Å². The topological polar surface area (TPSA) is 78.8 Å². The molecule has 19 heavy (non-hydrogen) atoms. The number of carbonyl (C=O) groups is 1. The third kappa shape index (κ3) is 5.54. The molecule has 0 aromatic heterocycles. The van der Waals surface area contributed by atoms with Crippen LogP contribution in [0.25, 0.3) is 6.08 Å². The molecule has 0 unspecified atom stereocenters. The second-order valence-electron chi connectivity index (χ2n) is 3.91. The van der Waals surface area contributed by atoms with Gasteiger partial charge in [0, 0.05) is 6.08 Å². The lowest BCUT2D eigenvalue weighted by Crippen LogP contribution is -2.39. The Morgan fingerprint density at radius 2 is 1.95 bits per heavy atom. The number of ether oxygens (including phenoxy) is 1. The van der Waals surface area contributed by atoms with Crippen molar-refractivity contribution in [2.75, 3.05) is 19.8 Å². The van der Waals surface area contributed by atoms with Gasteiger partial charge in [-0.05, 0) is 30.7 Å². The molecule has 5 heteroatoms. The van der Waals surface area contributed by atoms with Crippen molar-refractivity contribution < 1.29 is 19.7 Å². The van der Waals surface area contributed by atoms with Gasteiger partial charge < -0.3 is 20.3 Å². The lowest BCUT2D eigenvalue weighted by molar-refractivity contribution is -0.117.